The fraction of sp³-hybridized carbons (Fsp3) is 0.438. The molecule has 0 aliphatic rings. The van der Waals surface area contributed by atoms with Crippen molar-refractivity contribution in [1.82, 2.24) is 15.0 Å². The predicted octanol–water partition coefficient (Wildman–Crippen LogP) is 3.79. The molecule has 2 aromatic heterocycles. The van der Waals surface area contributed by atoms with E-state index in [2.05, 4.69) is 36.1 Å². The van der Waals surface area contributed by atoms with Gasteiger partial charge >= 0.3 is 0 Å². The Bertz CT molecular complexity index is 578. The first-order valence-corrected chi connectivity index (χ1v) is 7.15. The molecule has 2 rings (SSSR count). The maximum atomic E-state index is 4.69. The summed E-state index contributed by atoms with van der Waals surface area (Å²) in [5, 5.41) is 3.35. The minimum Gasteiger partial charge on any atom is -0.370 e. The van der Waals surface area contributed by atoms with Crippen LogP contribution >= 0.6 is 0 Å². The van der Waals surface area contributed by atoms with Crippen molar-refractivity contribution in [1.29, 1.82) is 0 Å². The van der Waals surface area contributed by atoms with Gasteiger partial charge in [0, 0.05) is 36.3 Å². The molecule has 4 heteroatoms. The first kappa shape index (κ1) is 14.4. The zero-order valence-electron chi connectivity index (χ0n) is 12.6. The molecular formula is C16H22N4. The number of rotatable bonds is 5. The molecule has 0 saturated heterocycles. The van der Waals surface area contributed by atoms with Gasteiger partial charge in [-0.3, -0.25) is 4.98 Å². The van der Waals surface area contributed by atoms with Gasteiger partial charge < -0.3 is 5.32 Å². The quantitative estimate of drug-likeness (QED) is 0.898. The largest absolute Gasteiger partial charge is 0.370 e. The second-order valence-corrected chi connectivity index (χ2v) is 5.27. The van der Waals surface area contributed by atoms with E-state index in [9.17, 15) is 0 Å². The van der Waals surface area contributed by atoms with Gasteiger partial charge in [-0.2, -0.15) is 0 Å². The first-order chi connectivity index (χ1) is 9.61. The number of nitrogens with one attached hydrogen (secondary N) is 1. The molecule has 4 nitrogen and oxygen atoms in total. The Morgan fingerprint density at radius 1 is 1.25 bits per heavy atom. The van der Waals surface area contributed by atoms with Crippen LogP contribution in [0.2, 0.25) is 0 Å². The van der Waals surface area contributed by atoms with Crippen LogP contribution in [0, 0.1) is 6.92 Å². The van der Waals surface area contributed by atoms with Crippen LogP contribution < -0.4 is 5.32 Å². The fourth-order valence-electron chi connectivity index (χ4n) is 1.95. The van der Waals surface area contributed by atoms with Crippen molar-refractivity contribution in [2.75, 3.05) is 11.9 Å². The van der Waals surface area contributed by atoms with Crippen molar-refractivity contribution >= 4 is 5.82 Å². The summed E-state index contributed by atoms with van der Waals surface area (Å²) in [6.07, 6.45) is 4.71. The highest BCUT2D eigenvalue weighted by atomic mass is 15.0. The monoisotopic (exact) mass is 270 g/mol. The molecule has 0 aromatic carbocycles. The Balaban J connectivity index is 2.46. The van der Waals surface area contributed by atoms with Crippen molar-refractivity contribution in [3.63, 3.8) is 0 Å². The van der Waals surface area contributed by atoms with E-state index in [1.807, 2.05) is 25.3 Å². The van der Waals surface area contributed by atoms with Crippen LogP contribution in [-0.2, 0) is 0 Å². The van der Waals surface area contributed by atoms with E-state index < -0.39 is 0 Å². The summed E-state index contributed by atoms with van der Waals surface area (Å²) in [6.45, 7) is 9.39. The van der Waals surface area contributed by atoms with Gasteiger partial charge in [-0.05, 0) is 30.9 Å². The molecule has 0 atom stereocenters. The smallest absolute Gasteiger partial charge is 0.162 e. The number of aromatic nitrogens is 3. The second-order valence-electron chi connectivity index (χ2n) is 5.27. The molecule has 2 heterocycles. The molecule has 1 N–H and O–H groups in total. The highest BCUT2D eigenvalue weighted by molar-refractivity contribution is 5.61. The van der Waals surface area contributed by atoms with E-state index in [4.69, 9.17) is 4.98 Å². The third-order valence-corrected chi connectivity index (χ3v) is 3.15. The van der Waals surface area contributed by atoms with Gasteiger partial charge in [-0.1, -0.05) is 20.8 Å². The lowest BCUT2D eigenvalue weighted by Crippen LogP contribution is -2.06. The molecule has 106 valence electrons. The zero-order chi connectivity index (χ0) is 14.5. The number of hydrogen-bond acceptors (Lipinski definition) is 4. The van der Waals surface area contributed by atoms with Crippen molar-refractivity contribution in [2.45, 2.75) is 40.0 Å². The molecule has 0 unspecified atom stereocenters. The Kier molecular flexibility index (Phi) is 4.66. The van der Waals surface area contributed by atoms with Crippen molar-refractivity contribution < 1.29 is 0 Å². The minimum atomic E-state index is 0.376. The Labute approximate surface area is 120 Å². The molecule has 0 fully saturated rings. The van der Waals surface area contributed by atoms with Gasteiger partial charge in [0.1, 0.15) is 5.82 Å². The average molecular weight is 270 g/mol. The van der Waals surface area contributed by atoms with Crippen LogP contribution in [0.4, 0.5) is 5.82 Å². The molecule has 20 heavy (non-hydrogen) atoms. The van der Waals surface area contributed by atoms with Crippen LogP contribution in [0.5, 0.6) is 0 Å². The Morgan fingerprint density at radius 2 is 2.05 bits per heavy atom. The van der Waals surface area contributed by atoms with Crippen molar-refractivity contribution in [2.24, 2.45) is 0 Å². The minimum absolute atomic E-state index is 0.376. The molecule has 0 aliphatic carbocycles. The van der Waals surface area contributed by atoms with Crippen LogP contribution in [0.1, 0.15) is 44.4 Å². The van der Waals surface area contributed by atoms with Gasteiger partial charge in [-0.15, -0.1) is 0 Å². The summed E-state index contributed by atoms with van der Waals surface area (Å²) in [6, 6.07) is 4.01. The van der Waals surface area contributed by atoms with Gasteiger partial charge in [0.15, 0.2) is 5.82 Å². The van der Waals surface area contributed by atoms with Gasteiger partial charge in [0.25, 0.3) is 0 Å². The highest BCUT2D eigenvalue weighted by Crippen LogP contribution is 2.23. The molecular weight excluding hydrogens is 248 g/mol. The molecule has 0 spiro atoms. The van der Waals surface area contributed by atoms with E-state index in [1.165, 1.54) is 0 Å². The normalized spacial score (nSPS) is 10.8. The van der Waals surface area contributed by atoms with Crippen LogP contribution in [0.25, 0.3) is 11.4 Å². The van der Waals surface area contributed by atoms with Crippen molar-refractivity contribution in [3.8, 4) is 11.4 Å². The van der Waals surface area contributed by atoms with Crippen LogP contribution in [0.3, 0.4) is 0 Å². The molecule has 0 bridgehead atoms. The lowest BCUT2D eigenvalue weighted by atomic mass is 10.1. The molecule has 0 saturated carbocycles. The molecule has 0 radical (unpaired) electrons. The average Bonchev–Trinajstić information content (AvgIpc) is 2.45. The maximum Gasteiger partial charge on any atom is 0.162 e. The predicted molar refractivity (Wildman–Crippen MR) is 82.9 cm³/mol. The van der Waals surface area contributed by atoms with Crippen LogP contribution in [-0.4, -0.2) is 21.5 Å². The van der Waals surface area contributed by atoms with Crippen molar-refractivity contribution in [3.05, 3.63) is 35.8 Å². The van der Waals surface area contributed by atoms with E-state index in [-0.39, 0.29) is 0 Å². The topological polar surface area (TPSA) is 50.7 Å². The lowest BCUT2D eigenvalue weighted by Gasteiger charge is -2.12. The van der Waals surface area contributed by atoms with Gasteiger partial charge in [0.2, 0.25) is 0 Å². The van der Waals surface area contributed by atoms with Gasteiger partial charge in [0.05, 0.1) is 0 Å². The summed E-state index contributed by atoms with van der Waals surface area (Å²) in [5.41, 5.74) is 3.20. The summed E-state index contributed by atoms with van der Waals surface area (Å²) < 4.78 is 0. The number of nitrogens with zero attached hydrogens (tertiary/aromatic N) is 3. The standard InChI is InChI=1S/C16H22N4/c1-5-7-18-15-9-14(11(2)3)19-16(20-15)13-6-8-17-10-12(13)4/h6,8-11H,5,7H2,1-4H3,(H,18,19,20). The number of hydrogen-bond donors (Lipinski definition) is 1. The third-order valence-electron chi connectivity index (χ3n) is 3.15. The Hall–Kier alpha value is -1.97. The fourth-order valence-corrected chi connectivity index (χ4v) is 1.95. The molecule has 2 aromatic rings. The van der Waals surface area contributed by atoms with Gasteiger partial charge in [-0.25, -0.2) is 9.97 Å². The Morgan fingerprint density at radius 3 is 2.70 bits per heavy atom. The lowest BCUT2D eigenvalue weighted by molar-refractivity contribution is 0.815. The SMILES string of the molecule is CCCNc1cc(C(C)C)nc(-c2ccncc2C)n1. The zero-order valence-corrected chi connectivity index (χ0v) is 12.6. The van der Waals surface area contributed by atoms with E-state index in [0.29, 0.717) is 5.92 Å². The number of anilines is 1. The first-order valence-electron chi connectivity index (χ1n) is 7.15. The summed E-state index contributed by atoms with van der Waals surface area (Å²) in [4.78, 5) is 13.5. The molecule has 0 aliphatic heterocycles. The highest BCUT2D eigenvalue weighted by Gasteiger charge is 2.11. The summed E-state index contributed by atoms with van der Waals surface area (Å²) in [7, 11) is 0. The van der Waals surface area contributed by atoms with Crippen LogP contribution in [0.15, 0.2) is 24.5 Å². The number of aryl methyl sites for hydroxylation is 1. The number of pyridine rings is 1. The second kappa shape index (κ2) is 6.46. The maximum absolute atomic E-state index is 4.69. The summed E-state index contributed by atoms with van der Waals surface area (Å²) in [5.74, 6) is 2.05. The third kappa shape index (κ3) is 3.32. The van der Waals surface area contributed by atoms with E-state index in [0.717, 1.165) is 41.4 Å². The van der Waals surface area contributed by atoms with E-state index >= 15 is 0 Å². The summed E-state index contributed by atoms with van der Waals surface area (Å²) >= 11 is 0. The molecule has 0 amide bonds. The van der Waals surface area contributed by atoms with E-state index in [1.54, 1.807) is 6.20 Å².